The number of nitrogens with one attached hydrogen (secondary N) is 1. The van der Waals surface area contributed by atoms with Crippen LogP contribution in [0.5, 0.6) is 0 Å². The Morgan fingerprint density at radius 3 is 2.33 bits per heavy atom. The molecule has 2 aromatic carbocycles. The minimum atomic E-state index is -4.67. The van der Waals surface area contributed by atoms with Gasteiger partial charge in [0.15, 0.2) is 11.9 Å². The molecule has 1 N–H and O–H groups in total. The highest BCUT2D eigenvalue weighted by Gasteiger charge is 2.34. The Balaban J connectivity index is 1.23. The third-order valence-corrected chi connectivity index (χ3v) is 7.24. The van der Waals surface area contributed by atoms with Crippen LogP contribution in [0.4, 0.5) is 19.2 Å². The van der Waals surface area contributed by atoms with E-state index in [-0.39, 0.29) is 46.8 Å². The van der Waals surface area contributed by atoms with Crippen LogP contribution in [0.3, 0.4) is 0 Å². The zero-order valence-corrected chi connectivity index (χ0v) is 22.4. The standard InChI is InChI=1S/C31H22F3N7O2/c32-31(33,34)24-13-12-22(26(37-24)20-15-35-27(36-16-20)18-10-11-18)29-40-41-30(43-29)39-28-23(42)14-19-8-4-5-9-21(19)25(38-28)17-6-2-1-3-7-17/h1-9,12-13,15-16,18,28H,10-11,14H2,(H,39,41)/t28-/m1/s1. The summed E-state index contributed by atoms with van der Waals surface area (Å²) in [6.45, 7) is 0. The van der Waals surface area contributed by atoms with Gasteiger partial charge in [-0.2, -0.15) is 13.2 Å². The summed E-state index contributed by atoms with van der Waals surface area (Å²) in [6, 6.07) is 19.0. The average molecular weight is 582 g/mol. The van der Waals surface area contributed by atoms with Crippen LogP contribution in [0.15, 0.2) is 88.5 Å². The van der Waals surface area contributed by atoms with E-state index < -0.39 is 18.0 Å². The van der Waals surface area contributed by atoms with Crippen molar-refractivity contribution in [1.82, 2.24) is 25.1 Å². The molecule has 1 aliphatic carbocycles. The molecule has 12 heteroatoms. The second kappa shape index (κ2) is 10.5. The summed E-state index contributed by atoms with van der Waals surface area (Å²) in [7, 11) is 0. The number of aliphatic imine (C=N–C) groups is 1. The summed E-state index contributed by atoms with van der Waals surface area (Å²) < 4.78 is 46.6. The van der Waals surface area contributed by atoms with Gasteiger partial charge >= 0.3 is 12.2 Å². The number of rotatable bonds is 6. The van der Waals surface area contributed by atoms with Gasteiger partial charge in [-0.1, -0.05) is 59.7 Å². The molecule has 0 saturated heterocycles. The first-order valence-electron chi connectivity index (χ1n) is 13.6. The van der Waals surface area contributed by atoms with Gasteiger partial charge in [0.25, 0.3) is 5.89 Å². The van der Waals surface area contributed by atoms with E-state index in [1.54, 1.807) is 0 Å². The summed E-state index contributed by atoms with van der Waals surface area (Å²) in [5.41, 5.74) is 2.42. The van der Waals surface area contributed by atoms with Crippen molar-refractivity contribution < 1.29 is 22.4 Å². The summed E-state index contributed by atoms with van der Waals surface area (Å²) in [4.78, 5) is 30.6. The topological polar surface area (TPSA) is 119 Å². The molecule has 7 rings (SSSR count). The van der Waals surface area contributed by atoms with Crippen LogP contribution in [-0.2, 0) is 17.4 Å². The number of hydrogen-bond donors (Lipinski definition) is 1. The number of aromatic nitrogens is 5. The molecule has 0 bridgehead atoms. The van der Waals surface area contributed by atoms with E-state index in [0.29, 0.717) is 11.5 Å². The van der Waals surface area contributed by atoms with E-state index in [1.807, 2.05) is 54.6 Å². The summed E-state index contributed by atoms with van der Waals surface area (Å²) in [6.07, 6.45) is -0.737. The van der Waals surface area contributed by atoms with Gasteiger partial charge in [-0.05, 0) is 30.5 Å². The van der Waals surface area contributed by atoms with Crippen molar-refractivity contribution in [2.45, 2.75) is 37.5 Å². The molecule has 9 nitrogen and oxygen atoms in total. The SMILES string of the molecule is O=C1Cc2ccccc2C(c2ccccc2)=N[C@@H]1Nc1nnc(-c2ccc(C(F)(F)F)nc2-c2cnc(C3CC3)nc2)o1. The molecule has 214 valence electrons. The van der Waals surface area contributed by atoms with Crippen molar-refractivity contribution in [2.24, 2.45) is 4.99 Å². The van der Waals surface area contributed by atoms with Gasteiger partial charge in [-0.3, -0.25) is 9.79 Å². The Morgan fingerprint density at radius 2 is 1.58 bits per heavy atom. The zero-order valence-electron chi connectivity index (χ0n) is 22.4. The first kappa shape index (κ1) is 26.6. The maximum Gasteiger partial charge on any atom is 0.433 e. The Bertz CT molecular complexity index is 1850. The number of nitrogens with zero attached hydrogens (tertiary/aromatic N) is 6. The predicted molar refractivity (Wildman–Crippen MR) is 150 cm³/mol. The lowest BCUT2D eigenvalue weighted by Crippen LogP contribution is -2.29. The first-order valence-corrected chi connectivity index (χ1v) is 13.6. The molecule has 1 atom stereocenters. The highest BCUT2D eigenvalue weighted by atomic mass is 19.4. The van der Waals surface area contributed by atoms with Crippen LogP contribution >= 0.6 is 0 Å². The number of Topliss-reactive ketones (excluding diaryl/α,β-unsaturated/α-hetero) is 1. The molecule has 0 amide bonds. The van der Waals surface area contributed by atoms with Gasteiger partial charge in [-0.25, -0.2) is 15.0 Å². The lowest BCUT2D eigenvalue weighted by molar-refractivity contribution is -0.141. The summed E-state index contributed by atoms with van der Waals surface area (Å²) >= 11 is 0. The Kier molecular flexibility index (Phi) is 6.52. The molecule has 0 radical (unpaired) electrons. The third-order valence-electron chi connectivity index (χ3n) is 7.24. The smallest absolute Gasteiger partial charge is 0.403 e. The highest BCUT2D eigenvalue weighted by molar-refractivity contribution is 6.16. The minimum absolute atomic E-state index is 0.0576. The predicted octanol–water partition coefficient (Wildman–Crippen LogP) is 5.89. The van der Waals surface area contributed by atoms with Crippen molar-refractivity contribution in [3.05, 3.63) is 107 Å². The van der Waals surface area contributed by atoms with E-state index in [1.165, 1.54) is 18.5 Å². The number of hydrogen-bond acceptors (Lipinski definition) is 9. The molecule has 0 spiro atoms. The van der Waals surface area contributed by atoms with Crippen molar-refractivity contribution in [2.75, 3.05) is 5.32 Å². The number of ketones is 1. The molecule has 43 heavy (non-hydrogen) atoms. The summed E-state index contributed by atoms with van der Waals surface area (Å²) in [5.74, 6) is 0.605. The minimum Gasteiger partial charge on any atom is -0.403 e. The summed E-state index contributed by atoms with van der Waals surface area (Å²) in [5, 5.41) is 11.0. The molecule has 2 aliphatic rings. The highest BCUT2D eigenvalue weighted by Crippen LogP contribution is 2.39. The van der Waals surface area contributed by atoms with E-state index >= 15 is 0 Å². The fraction of sp³-hybridized carbons (Fsp3) is 0.194. The van der Waals surface area contributed by atoms with Gasteiger partial charge in [-0.15, -0.1) is 5.10 Å². The normalized spacial score (nSPS) is 16.8. The fourth-order valence-corrected chi connectivity index (χ4v) is 4.93. The van der Waals surface area contributed by atoms with Crippen LogP contribution in [0.1, 0.15) is 47.0 Å². The average Bonchev–Trinajstić information content (AvgIpc) is 3.79. The van der Waals surface area contributed by atoms with Crippen molar-refractivity contribution in [1.29, 1.82) is 0 Å². The molecule has 3 aromatic heterocycles. The van der Waals surface area contributed by atoms with E-state index in [0.717, 1.165) is 35.6 Å². The number of carbonyl (C=O) groups is 1. The Labute approximate surface area is 243 Å². The second-order valence-corrected chi connectivity index (χ2v) is 10.3. The lowest BCUT2D eigenvalue weighted by Gasteiger charge is -2.12. The molecule has 1 aliphatic heterocycles. The van der Waals surface area contributed by atoms with Crippen LogP contribution < -0.4 is 5.32 Å². The van der Waals surface area contributed by atoms with Crippen LogP contribution in [0.2, 0.25) is 0 Å². The molecule has 1 fully saturated rings. The number of anilines is 1. The molecule has 4 heterocycles. The van der Waals surface area contributed by atoms with Crippen molar-refractivity contribution in [3.63, 3.8) is 0 Å². The van der Waals surface area contributed by atoms with Gasteiger partial charge in [0.2, 0.25) is 0 Å². The molecule has 1 saturated carbocycles. The zero-order chi connectivity index (χ0) is 29.6. The van der Waals surface area contributed by atoms with Gasteiger partial charge in [0.1, 0.15) is 11.5 Å². The Morgan fingerprint density at radius 1 is 0.837 bits per heavy atom. The van der Waals surface area contributed by atoms with E-state index in [9.17, 15) is 18.0 Å². The maximum absolute atomic E-state index is 13.6. The quantitative estimate of drug-likeness (QED) is 0.264. The monoisotopic (exact) mass is 581 g/mol. The molecular weight excluding hydrogens is 559 g/mol. The molecule has 5 aromatic rings. The molecule has 0 unspecified atom stereocenters. The van der Waals surface area contributed by atoms with Gasteiger partial charge in [0.05, 0.1) is 17.0 Å². The van der Waals surface area contributed by atoms with Crippen LogP contribution in [-0.4, -0.2) is 42.8 Å². The fourth-order valence-electron chi connectivity index (χ4n) is 4.93. The van der Waals surface area contributed by atoms with Crippen molar-refractivity contribution >= 4 is 17.5 Å². The van der Waals surface area contributed by atoms with E-state index in [2.05, 4.69) is 30.5 Å². The van der Waals surface area contributed by atoms with Gasteiger partial charge < -0.3 is 9.73 Å². The van der Waals surface area contributed by atoms with Crippen LogP contribution in [0, 0.1) is 0 Å². The van der Waals surface area contributed by atoms with Gasteiger partial charge in [0, 0.05) is 41.4 Å². The van der Waals surface area contributed by atoms with E-state index in [4.69, 9.17) is 9.41 Å². The largest absolute Gasteiger partial charge is 0.433 e. The lowest BCUT2D eigenvalue weighted by atomic mass is 9.96. The number of carbonyl (C=O) groups excluding carboxylic acids is 1. The maximum atomic E-state index is 13.6. The second-order valence-electron chi connectivity index (χ2n) is 10.3. The number of halogens is 3. The number of fused-ring (bicyclic) bond motifs is 1. The number of pyridine rings is 1. The molecular formula is C31H22F3N7O2. The number of alkyl halides is 3. The number of benzene rings is 2. The Hall–Kier alpha value is -5.26. The van der Waals surface area contributed by atoms with Crippen LogP contribution in [0.25, 0.3) is 22.7 Å². The van der Waals surface area contributed by atoms with Crippen molar-refractivity contribution in [3.8, 4) is 22.7 Å². The first-order chi connectivity index (χ1) is 20.8. The third kappa shape index (κ3) is 5.39.